The molecule has 2 heterocycles. The van der Waals surface area contributed by atoms with Crippen molar-refractivity contribution in [3.8, 4) is 5.75 Å². The molecule has 1 saturated heterocycles. The van der Waals surface area contributed by atoms with Gasteiger partial charge in [0, 0.05) is 0 Å². The van der Waals surface area contributed by atoms with Crippen molar-refractivity contribution >= 4 is 35.0 Å². The molecule has 0 N–H and O–H groups in total. The predicted molar refractivity (Wildman–Crippen MR) is 113 cm³/mol. The maximum Gasteiger partial charge on any atom is 0.379 e. The highest BCUT2D eigenvalue weighted by Crippen LogP contribution is 2.33. The molecule has 0 aliphatic carbocycles. The molecule has 6 nitrogen and oxygen atoms in total. The first kappa shape index (κ1) is 19.7. The van der Waals surface area contributed by atoms with Gasteiger partial charge in [-0.3, -0.25) is 14.5 Å². The van der Waals surface area contributed by atoms with Crippen LogP contribution in [0, 0.1) is 6.92 Å². The van der Waals surface area contributed by atoms with Crippen LogP contribution in [0.2, 0.25) is 0 Å². The summed E-state index contributed by atoms with van der Waals surface area (Å²) < 4.78 is 10.3. The Labute approximate surface area is 177 Å². The zero-order chi connectivity index (χ0) is 21.1. The number of rotatable bonds is 5. The monoisotopic (exact) mass is 419 g/mol. The molecule has 30 heavy (non-hydrogen) atoms. The largest absolute Gasteiger partial charge is 0.457 e. The molecule has 0 unspecified atom stereocenters. The third-order valence-electron chi connectivity index (χ3n) is 4.42. The van der Waals surface area contributed by atoms with Crippen LogP contribution in [-0.4, -0.2) is 22.0 Å². The maximum atomic E-state index is 12.7. The number of benzene rings is 2. The van der Waals surface area contributed by atoms with Crippen LogP contribution in [0.15, 0.2) is 76.2 Å². The van der Waals surface area contributed by atoms with Crippen molar-refractivity contribution in [3.63, 3.8) is 0 Å². The predicted octanol–water partition coefficient (Wildman–Crippen LogP) is 5.04. The van der Waals surface area contributed by atoms with E-state index in [-0.39, 0.29) is 23.5 Å². The molecule has 0 atom stereocenters. The van der Waals surface area contributed by atoms with E-state index in [0.29, 0.717) is 16.2 Å². The van der Waals surface area contributed by atoms with Crippen molar-refractivity contribution < 1.29 is 23.5 Å². The van der Waals surface area contributed by atoms with Crippen LogP contribution in [-0.2, 0) is 11.3 Å². The number of amides is 2. The lowest BCUT2D eigenvalue weighted by molar-refractivity contribution is -0.123. The fourth-order valence-electron chi connectivity index (χ4n) is 2.88. The van der Waals surface area contributed by atoms with Crippen molar-refractivity contribution in [2.24, 2.45) is 0 Å². The highest BCUT2D eigenvalue weighted by Gasteiger charge is 2.34. The van der Waals surface area contributed by atoms with Gasteiger partial charge in [0.1, 0.15) is 5.75 Å². The lowest BCUT2D eigenvalue weighted by Crippen LogP contribution is -2.27. The number of nitrogens with zero attached hydrogens (tertiary/aromatic N) is 1. The number of thioether (sulfide) groups is 1. The summed E-state index contributed by atoms with van der Waals surface area (Å²) in [6.45, 7) is 2.20. The SMILES string of the molecule is Cc1ccc(CN2C(=O)S/C(=C\c3cccc(OC(=O)c4ccco4)c3)C2=O)cc1. The van der Waals surface area contributed by atoms with Crippen LogP contribution in [0.5, 0.6) is 5.75 Å². The Hall–Kier alpha value is -3.58. The van der Waals surface area contributed by atoms with Gasteiger partial charge in [-0.05, 0) is 60.2 Å². The summed E-state index contributed by atoms with van der Waals surface area (Å²) in [6, 6.07) is 17.5. The van der Waals surface area contributed by atoms with Crippen molar-refractivity contribution in [2.75, 3.05) is 0 Å². The van der Waals surface area contributed by atoms with Crippen LogP contribution in [0.25, 0.3) is 6.08 Å². The number of furan rings is 1. The fourth-order valence-corrected chi connectivity index (χ4v) is 3.72. The molecule has 2 amide bonds. The Morgan fingerprint density at radius 3 is 2.63 bits per heavy atom. The summed E-state index contributed by atoms with van der Waals surface area (Å²) in [4.78, 5) is 38.6. The van der Waals surface area contributed by atoms with Crippen molar-refractivity contribution in [2.45, 2.75) is 13.5 Å². The molecule has 150 valence electrons. The number of ether oxygens (including phenoxy) is 1. The van der Waals surface area contributed by atoms with E-state index < -0.39 is 5.97 Å². The van der Waals surface area contributed by atoms with Gasteiger partial charge in [-0.25, -0.2) is 4.79 Å². The standard InChI is InChI=1S/C23H17NO5S/c1-15-7-9-16(10-8-15)14-24-21(25)20(30-23(24)27)13-17-4-2-5-18(12-17)29-22(26)19-6-3-11-28-19/h2-13H,14H2,1H3/b20-13-. The van der Waals surface area contributed by atoms with E-state index in [4.69, 9.17) is 9.15 Å². The number of carbonyl (C=O) groups excluding carboxylic acids is 3. The first-order valence-corrected chi connectivity index (χ1v) is 9.98. The molecule has 0 radical (unpaired) electrons. The highest BCUT2D eigenvalue weighted by atomic mass is 32.2. The Morgan fingerprint density at radius 2 is 1.90 bits per heavy atom. The molecule has 0 saturated carbocycles. The van der Waals surface area contributed by atoms with E-state index in [1.165, 1.54) is 17.2 Å². The Bertz CT molecular complexity index is 1130. The van der Waals surface area contributed by atoms with Gasteiger partial charge in [-0.15, -0.1) is 0 Å². The number of hydrogen-bond donors (Lipinski definition) is 0. The number of aryl methyl sites for hydroxylation is 1. The van der Waals surface area contributed by atoms with Gasteiger partial charge in [0.05, 0.1) is 17.7 Å². The topological polar surface area (TPSA) is 76.8 Å². The Morgan fingerprint density at radius 1 is 1.10 bits per heavy atom. The number of carbonyl (C=O) groups is 3. The van der Waals surface area contributed by atoms with Gasteiger partial charge in [0.15, 0.2) is 0 Å². The van der Waals surface area contributed by atoms with E-state index >= 15 is 0 Å². The second-order valence-corrected chi connectivity index (χ2v) is 7.69. The number of imide groups is 1. The zero-order valence-corrected chi connectivity index (χ0v) is 16.8. The number of hydrogen-bond acceptors (Lipinski definition) is 6. The molecule has 0 spiro atoms. The lowest BCUT2D eigenvalue weighted by atomic mass is 10.1. The molecule has 1 aliphatic heterocycles. The quantitative estimate of drug-likeness (QED) is 0.327. The summed E-state index contributed by atoms with van der Waals surface area (Å²) in [5, 5.41) is -0.313. The highest BCUT2D eigenvalue weighted by molar-refractivity contribution is 8.18. The summed E-state index contributed by atoms with van der Waals surface area (Å²) >= 11 is 0.893. The minimum absolute atomic E-state index is 0.0950. The van der Waals surface area contributed by atoms with Gasteiger partial charge in [0.2, 0.25) is 5.76 Å². The minimum atomic E-state index is -0.615. The van der Waals surface area contributed by atoms with Crippen LogP contribution >= 0.6 is 11.8 Å². The third-order valence-corrected chi connectivity index (χ3v) is 5.33. The molecule has 7 heteroatoms. The summed E-state index contributed by atoms with van der Waals surface area (Å²) in [5.74, 6) is -0.555. The van der Waals surface area contributed by atoms with Crippen molar-refractivity contribution in [1.29, 1.82) is 0 Å². The first-order valence-electron chi connectivity index (χ1n) is 9.16. The second kappa shape index (κ2) is 8.42. The van der Waals surface area contributed by atoms with Crippen LogP contribution in [0.1, 0.15) is 27.2 Å². The lowest BCUT2D eigenvalue weighted by Gasteiger charge is -2.12. The van der Waals surface area contributed by atoms with E-state index in [0.717, 1.165) is 22.9 Å². The molecule has 2 aromatic carbocycles. The van der Waals surface area contributed by atoms with Crippen LogP contribution in [0.4, 0.5) is 4.79 Å². The van der Waals surface area contributed by atoms with Gasteiger partial charge < -0.3 is 9.15 Å². The van der Waals surface area contributed by atoms with Crippen molar-refractivity contribution in [1.82, 2.24) is 4.90 Å². The van der Waals surface area contributed by atoms with E-state index in [1.807, 2.05) is 31.2 Å². The second-order valence-electron chi connectivity index (χ2n) is 6.69. The Kier molecular flexibility index (Phi) is 5.54. The van der Waals surface area contributed by atoms with Gasteiger partial charge in [0.25, 0.3) is 11.1 Å². The van der Waals surface area contributed by atoms with Gasteiger partial charge >= 0.3 is 5.97 Å². The minimum Gasteiger partial charge on any atom is -0.457 e. The smallest absolute Gasteiger partial charge is 0.379 e. The molecule has 4 rings (SSSR count). The van der Waals surface area contributed by atoms with Crippen LogP contribution < -0.4 is 4.74 Å². The summed E-state index contributed by atoms with van der Waals surface area (Å²) in [7, 11) is 0. The van der Waals surface area contributed by atoms with Gasteiger partial charge in [-0.2, -0.15) is 0 Å². The normalized spacial score (nSPS) is 15.1. The fraction of sp³-hybridized carbons (Fsp3) is 0.0870. The summed E-state index contributed by atoms with van der Waals surface area (Å²) in [6.07, 6.45) is 3.00. The average Bonchev–Trinajstić information content (AvgIpc) is 3.35. The van der Waals surface area contributed by atoms with Gasteiger partial charge in [-0.1, -0.05) is 42.0 Å². The molecule has 1 fully saturated rings. The van der Waals surface area contributed by atoms with E-state index in [2.05, 4.69) is 0 Å². The third kappa shape index (κ3) is 4.36. The molecular formula is C23H17NO5S. The molecule has 0 bridgehead atoms. The number of esters is 1. The molecule has 1 aromatic heterocycles. The van der Waals surface area contributed by atoms with Crippen molar-refractivity contribution in [3.05, 3.63) is 94.3 Å². The maximum absolute atomic E-state index is 12.7. The molecule has 3 aromatic rings. The average molecular weight is 419 g/mol. The van der Waals surface area contributed by atoms with E-state index in [1.54, 1.807) is 36.4 Å². The first-order chi connectivity index (χ1) is 14.5. The molecule has 1 aliphatic rings. The summed E-state index contributed by atoms with van der Waals surface area (Å²) in [5.41, 5.74) is 2.64. The van der Waals surface area contributed by atoms with Crippen LogP contribution in [0.3, 0.4) is 0 Å². The van der Waals surface area contributed by atoms with E-state index in [9.17, 15) is 14.4 Å². The molecular weight excluding hydrogens is 402 g/mol. The zero-order valence-electron chi connectivity index (χ0n) is 16.0. The Balaban J connectivity index is 1.49.